The highest BCUT2D eigenvalue weighted by Crippen LogP contribution is 2.38. The molecular formula is C20H21ClN6OS. The Morgan fingerprint density at radius 2 is 2.21 bits per heavy atom. The van der Waals surface area contributed by atoms with Crippen LogP contribution in [0.25, 0.3) is 22.1 Å². The first-order valence-electron chi connectivity index (χ1n) is 9.65. The SMILES string of the molecule is CCc1[nH]c2nc(Sc3ccc4oc(C)nc4c3)nc(N3CC[C@H](N)C3)c2c1Cl. The number of aromatic nitrogens is 4. The summed E-state index contributed by atoms with van der Waals surface area (Å²) in [6.07, 6.45) is 1.75. The first kappa shape index (κ1) is 18.7. The van der Waals surface area contributed by atoms with E-state index in [1.165, 1.54) is 11.8 Å². The predicted molar refractivity (Wildman–Crippen MR) is 116 cm³/mol. The van der Waals surface area contributed by atoms with Crippen molar-refractivity contribution in [3.05, 3.63) is 34.8 Å². The Hall–Kier alpha value is -2.29. The molecule has 150 valence electrons. The second-order valence-corrected chi connectivity index (χ2v) is 8.70. The van der Waals surface area contributed by atoms with Gasteiger partial charge in [-0.1, -0.05) is 18.5 Å². The molecule has 0 radical (unpaired) electrons. The smallest absolute Gasteiger partial charge is 0.196 e. The molecule has 1 aliphatic heterocycles. The van der Waals surface area contributed by atoms with Crippen LogP contribution in [-0.2, 0) is 6.42 Å². The summed E-state index contributed by atoms with van der Waals surface area (Å²) in [5.41, 5.74) is 9.49. The van der Waals surface area contributed by atoms with E-state index >= 15 is 0 Å². The highest BCUT2D eigenvalue weighted by Gasteiger charge is 2.26. The molecule has 29 heavy (non-hydrogen) atoms. The van der Waals surface area contributed by atoms with Gasteiger partial charge in [-0.15, -0.1) is 0 Å². The number of aryl methyl sites for hydroxylation is 2. The van der Waals surface area contributed by atoms with Gasteiger partial charge in [0.15, 0.2) is 16.6 Å². The summed E-state index contributed by atoms with van der Waals surface area (Å²) in [6.45, 7) is 5.55. The standard InChI is InChI=1S/C20H21ClN6OS/c1-3-13-17(21)16-18(24-13)25-20(26-19(16)27-7-6-11(22)9-27)29-12-4-5-15-14(8-12)23-10(2)28-15/h4-5,8,11H,3,6-7,9,22H2,1-2H3,(H,24,25,26)/t11-/m0/s1. The van der Waals surface area contributed by atoms with Gasteiger partial charge < -0.3 is 20.0 Å². The van der Waals surface area contributed by atoms with E-state index in [-0.39, 0.29) is 6.04 Å². The maximum atomic E-state index is 6.66. The van der Waals surface area contributed by atoms with Gasteiger partial charge in [0.2, 0.25) is 0 Å². The molecule has 9 heteroatoms. The van der Waals surface area contributed by atoms with Gasteiger partial charge in [-0.2, -0.15) is 0 Å². The number of H-pyrrole nitrogens is 1. The van der Waals surface area contributed by atoms with Gasteiger partial charge in [0, 0.05) is 36.6 Å². The maximum absolute atomic E-state index is 6.66. The quantitative estimate of drug-likeness (QED) is 0.467. The molecule has 0 amide bonds. The van der Waals surface area contributed by atoms with Crippen molar-refractivity contribution in [2.75, 3.05) is 18.0 Å². The Bertz CT molecular complexity index is 1220. The van der Waals surface area contributed by atoms with E-state index in [9.17, 15) is 0 Å². The van der Waals surface area contributed by atoms with Crippen molar-refractivity contribution >= 4 is 51.3 Å². The zero-order chi connectivity index (χ0) is 20.1. The Morgan fingerprint density at radius 1 is 1.34 bits per heavy atom. The van der Waals surface area contributed by atoms with Crippen LogP contribution in [0.4, 0.5) is 5.82 Å². The average Bonchev–Trinajstić information content (AvgIpc) is 3.37. The highest BCUT2D eigenvalue weighted by molar-refractivity contribution is 7.99. The minimum atomic E-state index is 0.150. The van der Waals surface area contributed by atoms with Gasteiger partial charge in [-0.05, 0) is 42.8 Å². The second kappa shape index (κ2) is 7.19. The molecule has 7 nitrogen and oxygen atoms in total. The van der Waals surface area contributed by atoms with Gasteiger partial charge in [0.05, 0.1) is 10.4 Å². The molecule has 0 aliphatic carbocycles. The molecule has 0 spiro atoms. The Morgan fingerprint density at radius 3 is 2.97 bits per heavy atom. The molecule has 5 rings (SSSR count). The zero-order valence-electron chi connectivity index (χ0n) is 16.2. The molecule has 4 aromatic rings. The molecule has 0 bridgehead atoms. The van der Waals surface area contributed by atoms with Crippen LogP contribution >= 0.6 is 23.4 Å². The normalized spacial score (nSPS) is 17.1. The van der Waals surface area contributed by atoms with Crippen molar-refractivity contribution in [1.82, 2.24) is 19.9 Å². The predicted octanol–water partition coefficient (Wildman–Crippen LogP) is 4.31. The number of fused-ring (bicyclic) bond motifs is 2. The molecule has 4 heterocycles. The van der Waals surface area contributed by atoms with Crippen molar-refractivity contribution in [2.24, 2.45) is 5.73 Å². The molecule has 1 saturated heterocycles. The largest absolute Gasteiger partial charge is 0.441 e. The third-order valence-electron chi connectivity index (χ3n) is 5.18. The number of rotatable bonds is 4. The van der Waals surface area contributed by atoms with Crippen LogP contribution < -0.4 is 10.6 Å². The third kappa shape index (κ3) is 3.35. The van der Waals surface area contributed by atoms with E-state index in [2.05, 4.69) is 21.8 Å². The lowest BCUT2D eigenvalue weighted by Gasteiger charge is -2.18. The monoisotopic (exact) mass is 428 g/mol. The molecule has 3 aromatic heterocycles. The lowest BCUT2D eigenvalue weighted by Crippen LogP contribution is -2.27. The van der Waals surface area contributed by atoms with Gasteiger partial charge in [-0.3, -0.25) is 0 Å². The van der Waals surface area contributed by atoms with Crippen LogP contribution in [0.1, 0.15) is 24.9 Å². The number of halogens is 1. The molecule has 1 aromatic carbocycles. The first-order valence-corrected chi connectivity index (χ1v) is 10.8. The average molecular weight is 429 g/mol. The topological polar surface area (TPSA) is 96.9 Å². The van der Waals surface area contributed by atoms with Crippen molar-refractivity contribution < 1.29 is 4.42 Å². The van der Waals surface area contributed by atoms with E-state index in [0.717, 1.165) is 64.5 Å². The number of nitrogens with zero attached hydrogens (tertiary/aromatic N) is 4. The van der Waals surface area contributed by atoms with Gasteiger partial charge in [0.25, 0.3) is 0 Å². The van der Waals surface area contributed by atoms with E-state index < -0.39 is 0 Å². The molecular weight excluding hydrogens is 408 g/mol. The van der Waals surface area contributed by atoms with Gasteiger partial charge >= 0.3 is 0 Å². The molecule has 0 saturated carbocycles. The lowest BCUT2D eigenvalue weighted by molar-refractivity contribution is 0.561. The minimum absolute atomic E-state index is 0.150. The third-order valence-corrected chi connectivity index (χ3v) is 6.45. The van der Waals surface area contributed by atoms with Crippen molar-refractivity contribution in [1.29, 1.82) is 0 Å². The summed E-state index contributed by atoms with van der Waals surface area (Å²) in [7, 11) is 0. The number of benzene rings is 1. The summed E-state index contributed by atoms with van der Waals surface area (Å²) in [6, 6.07) is 6.07. The van der Waals surface area contributed by atoms with Gasteiger partial charge in [0.1, 0.15) is 17.0 Å². The summed E-state index contributed by atoms with van der Waals surface area (Å²) in [5, 5.41) is 2.24. The van der Waals surface area contributed by atoms with Crippen LogP contribution in [0.15, 0.2) is 32.7 Å². The second-order valence-electron chi connectivity index (χ2n) is 7.28. The maximum Gasteiger partial charge on any atom is 0.196 e. The van der Waals surface area contributed by atoms with Crippen LogP contribution in [0.3, 0.4) is 0 Å². The Kier molecular flexibility index (Phi) is 4.64. The number of nitrogens with two attached hydrogens (primary N) is 1. The number of nitrogens with one attached hydrogen (secondary N) is 1. The van der Waals surface area contributed by atoms with Crippen LogP contribution in [0.2, 0.25) is 5.02 Å². The summed E-state index contributed by atoms with van der Waals surface area (Å²) < 4.78 is 5.57. The Balaban J connectivity index is 1.59. The number of anilines is 1. The van der Waals surface area contributed by atoms with E-state index in [0.29, 0.717) is 16.1 Å². The minimum Gasteiger partial charge on any atom is -0.441 e. The highest BCUT2D eigenvalue weighted by atomic mass is 35.5. The van der Waals surface area contributed by atoms with Crippen molar-refractivity contribution in [3.8, 4) is 0 Å². The Labute approximate surface area is 177 Å². The van der Waals surface area contributed by atoms with Crippen molar-refractivity contribution in [3.63, 3.8) is 0 Å². The van der Waals surface area contributed by atoms with Crippen LogP contribution in [0.5, 0.6) is 0 Å². The summed E-state index contributed by atoms with van der Waals surface area (Å²) in [4.78, 5) is 20.6. The van der Waals surface area contributed by atoms with Crippen LogP contribution in [-0.4, -0.2) is 39.1 Å². The molecule has 1 atom stereocenters. The lowest BCUT2D eigenvalue weighted by atomic mass is 10.3. The first-order chi connectivity index (χ1) is 14.0. The fraction of sp³-hybridized carbons (Fsp3) is 0.350. The van der Waals surface area contributed by atoms with Crippen LogP contribution in [0, 0.1) is 6.92 Å². The summed E-state index contributed by atoms with van der Waals surface area (Å²) in [5.74, 6) is 1.50. The van der Waals surface area contributed by atoms with E-state index in [4.69, 9.17) is 31.7 Å². The number of hydrogen-bond donors (Lipinski definition) is 2. The molecule has 1 aliphatic rings. The molecule has 0 unspecified atom stereocenters. The zero-order valence-corrected chi connectivity index (χ0v) is 17.8. The molecule has 1 fully saturated rings. The number of aromatic amines is 1. The van der Waals surface area contributed by atoms with E-state index in [1.807, 2.05) is 25.1 Å². The summed E-state index contributed by atoms with van der Waals surface area (Å²) >= 11 is 8.16. The van der Waals surface area contributed by atoms with Crippen molar-refractivity contribution in [2.45, 2.75) is 42.8 Å². The number of hydrogen-bond acceptors (Lipinski definition) is 7. The molecule has 3 N–H and O–H groups in total. The van der Waals surface area contributed by atoms with E-state index in [1.54, 1.807) is 0 Å². The number of oxazole rings is 1. The van der Waals surface area contributed by atoms with Gasteiger partial charge in [-0.25, -0.2) is 15.0 Å². The fourth-order valence-electron chi connectivity index (χ4n) is 3.76. The fourth-order valence-corrected chi connectivity index (χ4v) is 4.90.